The third kappa shape index (κ3) is 17.6. The minimum atomic E-state index is -0.269. The zero-order valence-corrected chi connectivity index (χ0v) is 26.0. The first-order chi connectivity index (χ1) is 15.1. The molecular formula is C19H21BrK2N6O5. The second kappa shape index (κ2) is 23.3. The Morgan fingerprint density at radius 2 is 1.52 bits per heavy atom. The molecule has 0 fully saturated rings. The number of aromatic amines is 3. The number of carbonyl (C=O) groups is 1. The van der Waals surface area contributed by atoms with Gasteiger partial charge in [0.1, 0.15) is 12.7 Å². The average Bonchev–Trinajstić information content (AvgIpc) is 3.47. The Hall–Kier alpha value is -0.497. The predicted molar refractivity (Wildman–Crippen MR) is 115 cm³/mol. The van der Waals surface area contributed by atoms with Crippen molar-refractivity contribution < 1.29 is 119 Å². The molecule has 0 unspecified atom stereocenters. The molecule has 0 saturated heterocycles. The summed E-state index contributed by atoms with van der Waals surface area (Å²) in [4.78, 5) is 34.5. The van der Waals surface area contributed by atoms with E-state index in [1.54, 1.807) is 0 Å². The van der Waals surface area contributed by atoms with Crippen molar-refractivity contribution in [1.29, 1.82) is 0 Å². The maximum Gasteiger partial charge on any atom is 1.00 e. The van der Waals surface area contributed by atoms with E-state index in [9.17, 15) is 9.59 Å². The number of rotatable bonds is 4. The topological polar surface area (TPSA) is 162 Å². The maximum absolute atomic E-state index is 11.1. The molecule has 0 atom stereocenters. The summed E-state index contributed by atoms with van der Waals surface area (Å²) in [6.45, 7) is 0.385. The van der Waals surface area contributed by atoms with Gasteiger partial charge in [-0.2, -0.15) is 10.2 Å². The first-order valence-corrected chi connectivity index (χ1v) is 9.76. The number of alkyl halides is 1. The molecule has 0 bridgehead atoms. The molecule has 33 heavy (non-hydrogen) atoms. The molecule has 0 aliphatic rings. The molecule has 0 spiro atoms. The Morgan fingerprint density at radius 1 is 0.970 bits per heavy atom. The largest absolute Gasteiger partial charge is 1.00 e. The van der Waals surface area contributed by atoms with Crippen molar-refractivity contribution in [2.24, 2.45) is 0 Å². The van der Waals surface area contributed by atoms with Crippen molar-refractivity contribution in [3.05, 3.63) is 105 Å². The summed E-state index contributed by atoms with van der Waals surface area (Å²) in [5.74, 6) is 0. The van der Waals surface area contributed by atoms with Crippen molar-refractivity contribution in [1.82, 2.24) is 29.9 Å². The van der Waals surface area contributed by atoms with Crippen LogP contribution in [0.15, 0.2) is 82.9 Å². The van der Waals surface area contributed by atoms with Crippen LogP contribution in [-0.4, -0.2) is 36.4 Å². The normalized spacial score (nSPS) is 8.42. The van der Waals surface area contributed by atoms with E-state index in [0.29, 0.717) is 6.54 Å². The Bertz CT molecular complexity index is 1060. The van der Waals surface area contributed by atoms with Crippen LogP contribution in [0.1, 0.15) is 12.6 Å². The van der Waals surface area contributed by atoms with E-state index in [1.807, 2.05) is 48.5 Å². The first kappa shape index (κ1) is 34.7. The number of hydrogen-bond donors (Lipinski definition) is 3. The number of nitrogens with zero attached hydrogens (tertiary/aromatic N) is 3. The quantitative estimate of drug-likeness (QED) is 0.0726. The van der Waals surface area contributed by atoms with E-state index >= 15 is 0 Å². The first-order valence-electron chi connectivity index (χ1n) is 8.64. The minimum Gasteiger partial charge on any atom is -1.00 e. The molecule has 0 amide bonds. The van der Waals surface area contributed by atoms with Crippen LogP contribution in [0.25, 0.3) is 0 Å². The monoisotopic (exact) mass is 570 g/mol. The molecule has 0 aliphatic carbocycles. The fraction of sp³-hybridized carbons (Fsp3) is 0.105. The molecule has 2 aromatic heterocycles. The number of carbonyl (C=O) groups excluding carboxylic acids is 1. The Balaban J connectivity index is -0.000000399. The number of aromatic nitrogens is 6. The molecule has 4 aromatic rings. The SMILES string of the molecule is BrCc1ccccc1.O=CO[O-].O=c1[nH]cn[nH]1.O=c1[nH]ncn1Cc1ccccc1.[H-].[K+].[K+]. The van der Waals surface area contributed by atoms with Gasteiger partial charge in [-0.15, -0.1) is 0 Å². The van der Waals surface area contributed by atoms with E-state index in [0.717, 1.165) is 10.9 Å². The number of hydrogen-bond acceptors (Lipinski definition) is 7. The van der Waals surface area contributed by atoms with Gasteiger partial charge in [-0.05, 0) is 11.1 Å². The second-order valence-electron chi connectivity index (χ2n) is 5.43. The van der Waals surface area contributed by atoms with Crippen LogP contribution in [0.3, 0.4) is 0 Å². The number of nitrogens with one attached hydrogen (secondary N) is 3. The van der Waals surface area contributed by atoms with Crippen molar-refractivity contribution in [3.63, 3.8) is 0 Å². The summed E-state index contributed by atoms with van der Waals surface area (Å²) >= 11 is 3.36. The fourth-order valence-electron chi connectivity index (χ4n) is 1.94. The molecule has 14 heteroatoms. The maximum atomic E-state index is 11.1. The number of benzene rings is 2. The molecule has 11 nitrogen and oxygen atoms in total. The Labute approximate surface area is 284 Å². The van der Waals surface area contributed by atoms with Crippen molar-refractivity contribution in [3.8, 4) is 0 Å². The molecule has 0 radical (unpaired) electrons. The standard InChI is InChI=1S/C9H9N3O.C7H7Br.C2H3N3O.CH2O3.2K.H/c13-9-11-10-7-12(9)6-8-4-2-1-3-5-8;8-6-7-4-2-1-3-5-7;6-2-3-1-4-5-2;2-1-4-3;;;/h1-5,7H,6H2,(H,11,13);1-5H,6H2;1H,(H2,3,4,5,6);1,3H;;;/q;;;;2*+1;-1/p-1. The fourth-order valence-corrected chi connectivity index (χ4v) is 2.32. The van der Waals surface area contributed by atoms with E-state index in [1.165, 1.54) is 22.8 Å². The number of H-pyrrole nitrogens is 3. The van der Waals surface area contributed by atoms with E-state index in [-0.39, 0.29) is 122 Å². The van der Waals surface area contributed by atoms with Crippen LogP contribution < -0.4 is 119 Å². The van der Waals surface area contributed by atoms with Crippen molar-refractivity contribution in [2.45, 2.75) is 11.9 Å². The molecule has 2 heterocycles. The van der Waals surface area contributed by atoms with Gasteiger partial charge in [-0.25, -0.2) is 19.8 Å². The Morgan fingerprint density at radius 3 is 1.82 bits per heavy atom. The summed E-state index contributed by atoms with van der Waals surface area (Å²) in [6, 6.07) is 20.1. The molecule has 166 valence electrons. The zero-order valence-electron chi connectivity index (χ0n) is 19.2. The van der Waals surface area contributed by atoms with Gasteiger partial charge in [-0.3, -0.25) is 14.3 Å². The molecule has 0 aliphatic heterocycles. The molecule has 0 saturated carbocycles. The van der Waals surface area contributed by atoms with Crippen LogP contribution in [0.2, 0.25) is 0 Å². The third-order valence-electron chi connectivity index (χ3n) is 3.28. The smallest absolute Gasteiger partial charge is 1.00 e. The van der Waals surface area contributed by atoms with Gasteiger partial charge in [-0.1, -0.05) is 76.6 Å². The van der Waals surface area contributed by atoms with E-state index < -0.39 is 0 Å². The van der Waals surface area contributed by atoms with E-state index in [4.69, 9.17) is 10.1 Å². The van der Waals surface area contributed by atoms with Gasteiger partial charge in [0, 0.05) is 5.33 Å². The van der Waals surface area contributed by atoms with Gasteiger partial charge in [0.15, 0.2) is 0 Å². The van der Waals surface area contributed by atoms with Crippen LogP contribution in [0, 0.1) is 0 Å². The van der Waals surface area contributed by atoms with Crippen molar-refractivity contribution >= 4 is 22.4 Å². The predicted octanol–water partition coefficient (Wildman–Crippen LogP) is -5.15. The van der Waals surface area contributed by atoms with Crippen LogP contribution in [0.4, 0.5) is 0 Å². The summed E-state index contributed by atoms with van der Waals surface area (Å²) in [7, 11) is 0. The summed E-state index contributed by atoms with van der Waals surface area (Å²) in [6.07, 6.45) is 2.79. The molecule has 4 rings (SSSR count). The Kier molecular flexibility index (Phi) is 24.4. The average molecular weight is 572 g/mol. The van der Waals surface area contributed by atoms with Gasteiger partial charge >= 0.3 is 114 Å². The third-order valence-corrected chi connectivity index (χ3v) is 3.92. The zero-order chi connectivity index (χ0) is 22.7. The van der Waals surface area contributed by atoms with Gasteiger partial charge < -0.3 is 11.6 Å². The molecule has 2 aromatic carbocycles. The van der Waals surface area contributed by atoms with Crippen LogP contribution >= 0.6 is 15.9 Å². The molecule has 3 N–H and O–H groups in total. The van der Waals surface area contributed by atoms with Crippen LogP contribution in [0.5, 0.6) is 0 Å². The van der Waals surface area contributed by atoms with Crippen LogP contribution in [-0.2, 0) is 21.6 Å². The molecular weight excluding hydrogens is 550 g/mol. The van der Waals surface area contributed by atoms with Crippen molar-refractivity contribution in [2.75, 3.05) is 0 Å². The second-order valence-corrected chi connectivity index (χ2v) is 5.99. The van der Waals surface area contributed by atoms with Gasteiger partial charge in [0.2, 0.25) is 0 Å². The number of halogens is 1. The van der Waals surface area contributed by atoms with Gasteiger partial charge in [0.25, 0.3) is 6.47 Å². The van der Waals surface area contributed by atoms with Gasteiger partial charge in [0.05, 0.1) is 6.54 Å². The minimum absolute atomic E-state index is 0. The summed E-state index contributed by atoms with van der Waals surface area (Å²) in [5.41, 5.74) is 1.97. The summed E-state index contributed by atoms with van der Waals surface area (Å²) < 4.78 is 1.52. The van der Waals surface area contributed by atoms with E-state index in [2.05, 4.69) is 58.3 Å². The summed E-state index contributed by atoms with van der Waals surface area (Å²) in [5, 5.41) is 20.8.